The first-order valence-corrected chi connectivity index (χ1v) is 6.22. The van der Waals surface area contributed by atoms with Gasteiger partial charge in [-0.3, -0.25) is 14.5 Å². The minimum absolute atomic E-state index is 0.0102. The fourth-order valence-corrected chi connectivity index (χ4v) is 1.71. The molecule has 1 aromatic carbocycles. The summed E-state index contributed by atoms with van der Waals surface area (Å²) in [6, 6.07) is 9.43. The summed E-state index contributed by atoms with van der Waals surface area (Å²) in [5, 5.41) is 8.55. The average Bonchev–Trinajstić information content (AvgIpc) is 2.38. The number of carbonyl (C=O) groups excluding carboxylic acids is 1. The van der Waals surface area contributed by atoms with E-state index in [1.807, 2.05) is 42.3 Å². The summed E-state index contributed by atoms with van der Waals surface area (Å²) in [4.78, 5) is 25.9. The van der Waals surface area contributed by atoms with Gasteiger partial charge in [0, 0.05) is 19.2 Å². The third-order valence-corrected chi connectivity index (χ3v) is 2.85. The van der Waals surface area contributed by atoms with E-state index < -0.39 is 5.97 Å². The van der Waals surface area contributed by atoms with Gasteiger partial charge in [-0.05, 0) is 32.1 Å². The summed E-state index contributed by atoms with van der Waals surface area (Å²) in [7, 11) is 3.56. The highest BCUT2D eigenvalue weighted by Gasteiger charge is 2.13. The molecule has 0 fully saturated rings. The van der Waals surface area contributed by atoms with Crippen LogP contribution in [0.4, 0.5) is 5.69 Å². The number of amides is 1. The zero-order valence-electron chi connectivity index (χ0n) is 11.4. The zero-order chi connectivity index (χ0) is 14.3. The van der Waals surface area contributed by atoms with Crippen LogP contribution in [0.2, 0.25) is 0 Å². The molecule has 5 nitrogen and oxygen atoms in total. The molecule has 19 heavy (non-hydrogen) atoms. The molecule has 0 saturated heterocycles. The number of para-hydroxylation sites is 1. The predicted molar refractivity (Wildman–Crippen MR) is 74.2 cm³/mol. The van der Waals surface area contributed by atoms with E-state index in [-0.39, 0.29) is 18.9 Å². The molecule has 0 unspecified atom stereocenters. The molecule has 0 saturated carbocycles. The Morgan fingerprint density at radius 2 is 1.79 bits per heavy atom. The predicted octanol–water partition coefficient (Wildman–Crippen LogP) is 1.45. The molecular weight excluding hydrogens is 244 g/mol. The maximum Gasteiger partial charge on any atom is 0.303 e. The lowest BCUT2D eigenvalue weighted by Crippen LogP contribution is -2.37. The Kier molecular flexibility index (Phi) is 6.02. The molecule has 0 bridgehead atoms. The molecule has 0 aliphatic carbocycles. The van der Waals surface area contributed by atoms with Crippen LogP contribution in [0.25, 0.3) is 0 Å². The second-order valence-corrected chi connectivity index (χ2v) is 4.52. The molecule has 0 radical (unpaired) electrons. The number of hydrogen-bond acceptors (Lipinski definition) is 3. The van der Waals surface area contributed by atoms with E-state index in [0.29, 0.717) is 13.0 Å². The van der Waals surface area contributed by atoms with E-state index >= 15 is 0 Å². The van der Waals surface area contributed by atoms with E-state index in [9.17, 15) is 9.59 Å². The van der Waals surface area contributed by atoms with Crippen LogP contribution in [0, 0.1) is 0 Å². The number of nitrogens with zero attached hydrogens (tertiary/aromatic N) is 2. The Hall–Kier alpha value is -1.88. The van der Waals surface area contributed by atoms with Crippen LogP contribution in [0.1, 0.15) is 12.8 Å². The quantitative estimate of drug-likeness (QED) is 0.809. The molecule has 0 heterocycles. The topological polar surface area (TPSA) is 60.9 Å². The highest BCUT2D eigenvalue weighted by Crippen LogP contribution is 2.11. The number of carboxylic acid groups (broad SMARTS) is 1. The van der Waals surface area contributed by atoms with Gasteiger partial charge in [0.05, 0.1) is 6.54 Å². The lowest BCUT2D eigenvalue weighted by Gasteiger charge is -2.21. The van der Waals surface area contributed by atoms with E-state index in [2.05, 4.69) is 0 Å². The summed E-state index contributed by atoms with van der Waals surface area (Å²) in [6.07, 6.45) is 0.682. The molecule has 0 aliphatic rings. The third kappa shape index (κ3) is 5.52. The second-order valence-electron chi connectivity index (χ2n) is 4.52. The van der Waals surface area contributed by atoms with Crippen LogP contribution < -0.4 is 4.90 Å². The summed E-state index contributed by atoms with van der Waals surface area (Å²) >= 11 is 0. The normalized spacial score (nSPS) is 10.5. The van der Waals surface area contributed by atoms with Gasteiger partial charge in [-0.1, -0.05) is 18.2 Å². The van der Waals surface area contributed by atoms with Crippen molar-refractivity contribution in [2.45, 2.75) is 12.8 Å². The monoisotopic (exact) mass is 264 g/mol. The minimum Gasteiger partial charge on any atom is -0.481 e. The van der Waals surface area contributed by atoms with Gasteiger partial charge >= 0.3 is 5.97 Å². The van der Waals surface area contributed by atoms with E-state index in [1.54, 1.807) is 11.9 Å². The Balaban J connectivity index is 2.39. The van der Waals surface area contributed by atoms with Gasteiger partial charge in [0.25, 0.3) is 0 Å². The molecule has 1 aromatic rings. The van der Waals surface area contributed by atoms with E-state index in [1.165, 1.54) is 0 Å². The Labute approximate surface area is 113 Å². The largest absolute Gasteiger partial charge is 0.481 e. The first-order chi connectivity index (χ1) is 9.00. The SMILES string of the molecule is CN(CCCC(=O)O)CC(=O)N(C)c1ccccc1. The number of likely N-dealkylation sites (N-methyl/N-ethyl adjacent to an activating group) is 2. The Morgan fingerprint density at radius 1 is 1.16 bits per heavy atom. The van der Waals surface area contributed by atoms with Gasteiger partial charge < -0.3 is 10.0 Å². The molecule has 0 atom stereocenters. The van der Waals surface area contributed by atoms with Gasteiger partial charge in [-0.2, -0.15) is 0 Å². The molecule has 5 heteroatoms. The van der Waals surface area contributed by atoms with Crippen LogP contribution in [0.5, 0.6) is 0 Å². The summed E-state index contributed by atoms with van der Waals surface area (Å²) in [6.45, 7) is 0.881. The van der Waals surface area contributed by atoms with Crippen LogP contribution >= 0.6 is 0 Å². The maximum absolute atomic E-state index is 12.0. The third-order valence-electron chi connectivity index (χ3n) is 2.85. The standard InChI is InChI=1S/C14H20N2O3/c1-15(10-6-9-14(18)19)11-13(17)16(2)12-7-4-3-5-8-12/h3-5,7-8H,6,9-11H2,1-2H3,(H,18,19). The first-order valence-electron chi connectivity index (χ1n) is 6.22. The molecular formula is C14H20N2O3. The summed E-state index contributed by atoms with van der Waals surface area (Å²) in [5.41, 5.74) is 0.853. The van der Waals surface area contributed by atoms with Crippen LogP contribution in [-0.2, 0) is 9.59 Å². The number of rotatable bonds is 7. The number of carbonyl (C=O) groups is 2. The molecule has 0 aromatic heterocycles. The van der Waals surface area contributed by atoms with Gasteiger partial charge in [0.2, 0.25) is 5.91 Å². The number of benzene rings is 1. The van der Waals surface area contributed by atoms with Gasteiger partial charge in [0.1, 0.15) is 0 Å². The van der Waals surface area contributed by atoms with Crippen molar-refractivity contribution in [3.05, 3.63) is 30.3 Å². The zero-order valence-corrected chi connectivity index (χ0v) is 11.4. The molecule has 1 rings (SSSR count). The van der Waals surface area contributed by atoms with Crippen LogP contribution in [0.15, 0.2) is 30.3 Å². The van der Waals surface area contributed by atoms with Crippen molar-refractivity contribution in [1.29, 1.82) is 0 Å². The maximum atomic E-state index is 12.0. The van der Waals surface area contributed by atoms with Crippen molar-refractivity contribution in [2.75, 3.05) is 32.1 Å². The number of carboxylic acids is 1. The minimum atomic E-state index is -0.805. The summed E-state index contributed by atoms with van der Waals surface area (Å²) in [5.74, 6) is -0.815. The van der Waals surface area contributed by atoms with E-state index in [0.717, 1.165) is 5.69 Å². The average molecular weight is 264 g/mol. The van der Waals surface area contributed by atoms with Crippen LogP contribution in [0.3, 0.4) is 0 Å². The van der Waals surface area contributed by atoms with E-state index in [4.69, 9.17) is 5.11 Å². The number of anilines is 1. The Morgan fingerprint density at radius 3 is 2.37 bits per heavy atom. The molecule has 0 spiro atoms. The highest BCUT2D eigenvalue weighted by atomic mass is 16.4. The van der Waals surface area contributed by atoms with Gasteiger partial charge in [-0.25, -0.2) is 0 Å². The van der Waals surface area contributed by atoms with Gasteiger partial charge in [0.15, 0.2) is 0 Å². The lowest BCUT2D eigenvalue weighted by atomic mass is 10.3. The number of aliphatic carboxylic acids is 1. The molecule has 0 aliphatic heterocycles. The molecule has 104 valence electrons. The highest BCUT2D eigenvalue weighted by molar-refractivity contribution is 5.94. The van der Waals surface area contributed by atoms with Gasteiger partial charge in [-0.15, -0.1) is 0 Å². The second kappa shape index (κ2) is 7.53. The molecule has 1 N–H and O–H groups in total. The lowest BCUT2D eigenvalue weighted by molar-refractivity contribution is -0.137. The van der Waals surface area contributed by atoms with Crippen LogP contribution in [-0.4, -0.2) is 49.1 Å². The Bertz CT molecular complexity index is 420. The summed E-state index contributed by atoms with van der Waals surface area (Å²) < 4.78 is 0. The van der Waals surface area contributed by atoms with Crippen molar-refractivity contribution in [3.63, 3.8) is 0 Å². The van der Waals surface area contributed by atoms with Crippen molar-refractivity contribution in [1.82, 2.24) is 4.90 Å². The smallest absolute Gasteiger partial charge is 0.303 e. The number of hydrogen-bond donors (Lipinski definition) is 1. The van der Waals surface area contributed by atoms with Crippen molar-refractivity contribution in [2.24, 2.45) is 0 Å². The van der Waals surface area contributed by atoms with Crippen molar-refractivity contribution in [3.8, 4) is 0 Å². The fourth-order valence-electron chi connectivity index (χ4n) is 1.71. The van der Waals surface area contributed by atoms with Crippen molar-refractivity contribution < 1.29 is 14.7 Å². The van der Waals surface area contributed by atoms with Crippen molar-refractivity contribution >= 4 is 17.6 Å². The molecule has 1 amide bonds. The first kappa shape index (κ1) is 15.2. The fraction of sp³-hybridized carbons (Fsp3) is 0.429.